The van der Waals surface area contributed by atoms with Crippen LogP contribution in [0.2, 0.25) is 0 Å². The molecule has 5 nitrogen and oxygen atoms in total. The Kier molecular flexibility index (Phi) is 4.63. The van der Waals surface area contributed by atoms with Crippen molar-refractivity contribution in [3.8, 4) is 0 Å². The predicted octanol–water partition coefficient (Wildman–Crippen LogP) is 5.24. The molecule has 2 heterocycles. The number of nitrogens with zero attached hydrogens (tertiary/aromatic N) is 1. The third kappa shape index (κ3) is 3.08. The van der Waals surface area contributed by atoms with Crippen molar-refractivity contribution in [1.82, 2.24) is 4.98 Å². The number of amides is 1. The smallest absolute Gasteiger partial charge is 0.300 e. The van der Waals surface area contributed by atoms with Gasteiger partial charge in [0.1, 0.15) is 11.6 Å². The van der Waals surface area contributed by atoms with E-state index < -0.39 is 23.5 Å². The summed E-state index contributed by atoms with van der Waals surface area (Å²) in [5, 5.41) is 11.9. The lowest BCUT2D eigenvalue weighted by molar-refractivity contribution is -0.132. The molecule has 6 heteroatoms. The van der Waals surface area contributed by atoms with Gasteiger partial charge in [-0.3, -0.25) is 14.5 Å². The first-order chi connectivity index (χ1) is 15.5. The maximum atomic E-state index is 13.4. The standard InChI is InChI=1S/C26H19FN2O3/c1-15-5-4-6-18(13-15)29-23(20-14-28-21-8-3-2-7-19(20)21)22(25(31)26(29)32)24(30)16-9-11-17(27)12-10-16/h2-14,23,28,30H,1H3/b24-22+. The van der Waals surface area contributed by atoms with Gasteiger partial charge in [-0.15, -0.1) is 0 Å². The quantitative estimate of drug-likeness (QED) is 0.267. The summed E-state index contributed by atoms with van der Waals surface area (Å²) < 4.78 is 13.4. The van der Waals surface area contributed by atoms with Gasteiger partial charge in [0, 0.05) is 33.9 Å². The second-order valence-corrected chi connectivity index (χ2v) is 7.80. The van der Waals surface area contributed by atoms with E-state index in [-0.39, 0.29) is 16.9 Å². The highest BCUT2D eigenvalue weighted by atomic mass is 19.1. The number of carbonyl (C=O) groups is 2. The number of halogens is 1. The van der Waals surface area contributed by atoms with Crippen molar-refractivity contribution in [3.05, 3.63) is 107 Å². The molecule has 0 spiro atoms. The number of para-hydroxylation sites is 1. The van der Waals surface area contributed by atoms with Gasteiger partial charge in [0.05, 0.1) is 11.6 Å². The number of rotatable bonds is 3. The van der Waals surface area contributed by atoms with Gasteiger partial charge in [0.25, 0.3) is 11.7 Å². The summed E-state index contributed by atoms with van der Waals surface area (Å²) in [5.41, 5.74) is 3.25. The van der Waals surface area contributed by atoms with E-state index in [2.05, 4.69) is 4.98 Å². The number of ketones is 1. The summed E-state index contributed by atoms with van der Waals surface area (Å²) in [6, 6.07) is 19.2. The minimum Gasteiger partial charge on any atom is -0.507 e. The molecule has 1 atom stereocenters. The van der Waals surface area contributed by atoms with E-state index in [4.69, 9.17) is 0 Å². The Morgan fingerprint density at radius 2 is 1.75 bits per heavy atom. The zero-order valence-corrected chi connectivity index (χ0v) is 17.2. The van der Waals surface area contributed by atoms with Crippen LogP contribution in [0, 0.1) is 12.7 Å². The Bertz CT molecular complexity index is 1400. The third-order valence-corrected chi connectivity index (χ3v) is 5.76. The van der Waals surface area contributed by atoms with Crippen LogP contribution >= 0.6 is 0 Å². The number of nitrogens with one attached hydrogen (secondary N) is 1. The van der Waals surface area contributed by atoms with Crippen LogP contribution in [-0.4, -0.2) is 21.8 Å². The van der Waals surface area contributed by atoms with E-state index in [1.165, 1.54) is 29.2 Å². The zero-order valence-electron chi connectivity index (χ0n) is 17.2. The number of aliphatic hydroxyl groups excluding tert-OH is 1. The molecule has 0 aliphatic carbocycles. The van der Waals surface area contributed by atoms with Gasteiger partial charge in [-0.05, 0) is 55.0 Å². The van der Waals surface area contributed by atoms with E-state index in [9.17, 15) is 19.1 Å². The number of Topliss-reactive ketones (excluding diaryl/α,β-unsaturated/α-hetero) is 1. The van der Waals surface area contributed by atoms with Crippen LogP contribution in [-0.2, 0) is 9.59 Å². The molecule has 5 rings (SSSR count). The summed E-state index contributed by atoms with van der Waals surface area (Å²) in [6.45, 7) is 1.90. The van der Waals surface area contributed by atoms with Crippen LogP contribution in [0.25, 0.3) is 16.7 Å². The van der Waals surface area contributed by atoms with Gasteiger partial charge in [0.15, 0.2) is 0 Å². The van der Waals surface area contributed by atoms with E-state index >= 15 is 0 Å². The molecular formula is C26H19FN2O3. The van der Waals surface area contributed by atoms with E-state index in [0.717, 1.165) is 16.5 Å². The molecule has 1 aromatic heterocycles. The summed E-state index contributed by atoms with van der Waals surface area (Å²) in [6.07, 6.45) is 1.75. The highest BCUT2D eigenvalue weighted by molar-refractivity contribution is 6.51. The summed E-state index contributed by atoms with van der Waals surface area (Å²) in [7, 11) is 0. The minimum absolute atomic E-state index is 0.0344. The lowest BCUT2D eigenvalue weighted by Gasteiger charge is -2.25. The van der Waals surface area contributed by atoms with Crippen molar-refractivity contribution in [1.29, 1.82) is 0 Å². The third-order valence-electron chi connectivity index (χ3n) is 5.76. The molecular weight excluding hydrogens is 407 g/mol. The molecule has 1 aliphatic rings. The largest absolute Gasteiger partial charge is 0.507 e. The number of aromatic nitrogens is 1. The molecule has 1 fully saturated rings. The van der Waals surface area contributed by atoms with E-state index in [1.54, 1.807) is 12.3 Å². The molecule has 0 radical (unpaired) electrons. The molecule has 1 aliphatic heterocycles. The number of carbonyl (C=O) groups excluding carboxylic acids is 2. The van der Waals surface area contributed by atoms with Crippen LogP contribution in [0.15, 0.2) is 84.6 Å². The van der Waals surface area contributed by atoms with E-state index in [1.807, 2.05) is 49.4 Å². The molecule has 32 heavy (non-hydrogen) atoms. The van der Waals surface area contributed by atoms with Gasteiger partial charge in [0.2, 0.25) is 0 Å². The van der Waals surface area contributed by atoms with Crippen LogP contribution in [0.5, 0.6) is 0 Å². The number of benzene rings is 3. The number of fused-ring (bicyclic) bond motifs is 1. The van der Waals surface area contributed by atoms with Crippen molar-refractivity contribution in [3.63, 3.8) is 0 Å². The number of hydrogen-bond acceptors (Lipinski definition) is 3. The fraction of sp³-hybridized carbons (Fsp3) is 0.0769. The highest BCUT2D eigenvalue weighted by Crippen LogP contribution is 2.44. The first-order valence-corrected chi connectivity index (χ1v) is 10.2. The lowest BCUT2D eigenvalue weighted by atomic mass is 9.94. The molecule has 1 saturated heterocycles. The fourth-order valence-electron chi connectivity index (χ4n) is 4.25. The highest BCUT2D eigenvalue weighted by Gasteiger charge is 2.47. The van der Waals surface area contributed by atoms with Gasteiger partial charge >= 0.3 is 0 Å². The molecule has 3 aromatic carbocycles. The Hall–Kier alpha value is -4.19. The first kappa shape index (κ1) is 19.8. The number of aliphatic hydroxyl groups is 1. The second kappa shape index (κ2) is 7.50. The number of aromatic amines is 1. The van der Waals surface area contributed by atoms with Crippen LogP contribution in [0.4, 0.5) is 10.1 Å². The van der Waals surface area contributed by atoms with Gasteiger partial charge in [-0.1, -0.05) is 30.3 Å². The van der Waals surface area contributed by atoms with Crippen LogP contribution in [0.1, 0.15) is 22.7 Å². The zero-order chi connectivity index (χ0) is 22.4. The Labute approximate surface area is 183 Å². The molecule has 4 aromatic rings. The van der Waals surface area contributed by atoms with Crippen molar-refractivity contribution < 1.29 is 19.1 Å². The minimum atomic E-state index is -0.849. The topological polar surface area (TPSA) is 73.4 Å². The van der Waals surface area contributed by atoms with Gasteiger partial charge in [-0.2, -0.15) is 0 Å². The SMILES string of the molecule is Cc1cccc(N2C(=O)C(=O)/C(=C(/O)c3ccc(F)cc3)C2c2c[nH]c3ccccc23)c1. The van der Waals surface area contributed by atoms with Crippen molar-refractivity contribution >= 4 is 34.0 Å². The molecule has 0 bridgehead atoms. The van der Waals surface area contributed by atoms with Crippen molar-refractivity contribution in [2.24, 2.45) is 0 Å². The van der Waals surface area contributed by atoms with E-state index in [0.29, 0.717) is 11.3 Å². The normalized spacial score (nSPS) is 17.9. The van der Waals surface area contributed by atoms with Crippen molar-refractivity contribution in [2.45, 2.75) is 13.0 Å². The molecule has 2 N–H and O–H groups in total. The van der Waals surface area contributed by atoms with Gasteiger partial charge < -0.3 is 10.1 Å². The lowest BCUT2D eigenvalue weighted by Crippen LogP contribution is -2.29. The molecule has 1 amide bonds. The number of aryl methyl sites for hydroxylation is 1. The molecule has 1 unspecified atom stereocenters. The Morgan fingerprint density at radius 3 is 2.50 bits per heavy atom. The molecule has 158 valence electrons. The Morgan fingerprint density at radius 1 is 1.00 bits per heavy atom. The monoisotopic (exact) mass is 426 g/mol. The van der Waals surface area contributed by atoms with Crippen LogP contribution in [0.3, 0.4) is 0 Å². The number of hydrogen-bond donors (Lipinski definition) is 2. The predicted molar refractivity (Wildman–Crippen MR) is 121 cm³/mol. The van der Waals surface area contributed by atoms with Crippen molar-refractivity contribution in [2.75, 3.05) is 4.90 Å². The van der Waals surface area contributed by atoms with Gasteiger partial charge in [-0.25, -0.2) is 4.39 Å². The molecule has 0 saturated carbocycles. The Balaban J connectivity index is 1.78. The second-order valence-electron chi connectivity index (χ2n) is 7.80. The number of anilines is 1. The number of H-pyrrole nitrogens is 1. The summed E-state index contributed by atoms with van der Waals surface area (Å²) in [5.74, 6) is -2.32. The maximum absolute atomic E-state index is 13.4. The van der Waals surface area contributed by atoms with Crippen LogP contribution < -0.4 is 4.90 Å². The fourth-order valence-corrected chi connectivity index (χ4v) is 4.25. The first-order valence-electron chi connectivity index (χ1n) is 10.2. The summed E-state index contributed by atoms with van der Waals surface area (Å²) in [4.78, 5) is 31.0. The maximum Gasteiger partial charge on any atom is 0.300 e. The summed E-state index contributed by atoms with van der Waals surface area (Å²) >= 11 is 0. The average molecular weight is 426 g/mol. The average Bonchev–Trinajstić information content (AvgIpc) is 3.32.